The maximum atomic E-state index is 2.34. The standard InChI is InChI=1S/C57H63N/c1-10-55(4,5)49-31-19-43(20-32-49)13-16-46-25-37-52(38-26-46)58(53-39-27-47(28-40-53)17-14-44-21-33-50(34-22-44)56(6,7)11-2)54-41-29-48(30-42-54)18-15-45-23-35-51(36-24-45)57(8,9)12-3/h13-42H,10-12H2,1-9H3/b16-13+,17-14+,18-15+. The molecule has 0 heterocycles. The summed E-state index contributed by atoms with van der Waals surface area (Å²) in [4.78, 5) is 2.34. The number of rotatable bonds is 15. The molecule has 6 aromatic carbocycles. The van der Waals surface area contributed by atoms with Crippen molar-refractivity contribution in [2.24, 2.45) is 0 Å². The van der Waals surface area contributed by atoms with E-state index in [4.69, 9.17) is 0 Å². The lowest BCUT2D eigenvalue weighted by Crippen LogP contribution is -2.14. The maximum Gasteiger partial charge on any atom is 0.0462 e. The lowest BCUT2D eigenvalue weighted by molar-refractivity contribution is 0.506. The summed E-state index contributed by atoms with van der Waals surface area (Å²) < 4.78 is 0. The minimum atomic E-state index is 0.190. The fourth-order valence-electron chi connectivity index (χ4n) is 6.98. The van der Waals surface area contributed by atoms with Crippen LogP contribution in [0.2, 0.25) is 0 Å². The quantitative estimate of drug-likeness (QED) is 0.0942. The monoisotopic (exact) mass is 761 g/mol. The summed E-state index contributed by atoms with van der Waals surface area (Å²) in [5.41, 5.74) is 15.2. The Hall–Kier alpha value is -5.66. The number of nitrogens with zero attached hydrogens (tertiary/aromatic N) is 1. The highest BCUT2D eigenvalue weighted by atomic mass is 15.1. The molecule has 0 N–H and O–H groups in total. The average molecular weight is 762 g/mol. The molecule has 1 heteroatoms. The second-order valence-electron chi connectivity index (χ2n) is 17.7. The van der Waals surface area contributed by atoms with Crippen molar-refractivity contribution in [3.8, 4) is 0 Å². The molecule has 6 rings (SSSR count). The fourth-order valence-corrected chi connectivity index (χ4v) is 6.98. The van der Waals surface area contributed by atoms with Crippen LogP contribution in [0.5, 0.6) is 0 Å². The lowest BCUT2D eigenvalue weighted by atomic mass is 9.82. The fraction of sp³-hybridized carbons (Fsp3) is 0.263. The summed E-state index contributed by atoms with van der Waals surface area (Å²) >= 11 is 0. The largest absolute Gasteiger partial charge is 0.311 e. The molecule has 296 valence electrons. The molecule has 1 nitrogen and oxygen atoms in total. The van der Waals surface area contributed by atoms with Gasteiger partial charge < -0.3 is 4.90 Å². The Balaban J connectivity index is 1.24. The van der Waals surface area contributed by atoms with E-state index in [1.807, 2.05) is 0 Å². The maximum absolute atomic E-state index is 2.34. The minimum absolute atomic E-state index is 0.190. The Kier molecular flexibility index (Phi) is 13.2. The van der Waals surface area contributed by atoms with E-state index in [0.717, 1.165) is 36.3 Å². The van der Waals surface area contributed by atoms with E-state index in [9.17, 15) is 0 Å². The van der Waals surface area contributed by atoms with Crippen molar-refractivity contribution >= 4 is 53.5 Å². The van der Waals surface area contributed by atoms with E-state index < -0.39 is 0 Å². The van der Waals surface area contributed by atoms with Crippen LogP contribution in [0, 0.1) is 0 Å². The molecule has 6 aromatic rings. The summed E-state index contributed by atoms with van der Waals surface area (Å²) in [6.07, 6.45) is 16.6. The topological polar surface area (TPSA) is 3.24 Å². The van der Waals surface area contributed by atoms with Crippen molar-refractivity contribution in [1.82, 2.24) is 0 Å². The van der Waals surface area contributed by atoms with Crippen molar-refractivity contribution in [3.63, 3.8) is 0 Å². The van der Waals surface area contributed by atoms with E-state index in [1.165, 1.54) is 50.1 Å². The van der Waals surface area contributed by atoms with Gasteiger partial charge in [-0.3, -0.25) is 0 Å². The molecular formula is C57H63N. The van der Waals surface area contributed by atoms with Crippen LogP contribution in [0.4, 0.5) is 17.1 Å². The van der Waals surface area contributed by atoms with Gasteiger partial charge in [-0.2, -0.15) is 0 Å². The van der Waals surface area contributed by atoms with Gasteiger partial charge in [-0.15, -0.1) is 0 Å². The van der Waals surface area contributed by atoms with Crippen LogP contribution in [-0.2, 0) is 16.2 Å². The van der Waals surface area contributed by atoms with Crippen molar-refractivity contribution < 1.29 is 0 Å². The van der Waals surface area contributed by atoms with Crippen LogP contribution in [0.15, 0.2) is 146 Å². The van der Waals surface area contributed by atoms with E-state index in [0.29, 0.717) is 0 Å². The van der Waals surface area contributed by atoms with Gasteiger partial charge in [0, 0.05) is 17.1 Å². The molecule has 0 amide bonds. The Labute approximate surface area is 350 Å². The Morgan fingerprint density at radius 1 is 0.293 bits per heavy atom. The highest BCUT2D eigenvalue weighted by Crippen LogP contribution is 2.36. The van der Waals surface area contributed by atoms with E-state index in [-0.39, 0.29) is 16.2 Å². The molecule has 0 fully saturated rings. The first-order valence-electron chi connectivity index (χ1n) is 21.3. The van der Waals surface area contributed by atoms with Gasteiger partial charge in [0.15, 0.2) is 0 Å². The summed E-state index contributed by atoms with van der Waals surface area (Å²) in [5, 5.41) is 0. The first kappa shape index (κ1) is 42.0. The van der Waals surface area contributed by atoms with Crippen molar-refractivity contribution in [2.45, 2.75) is 97.8 Å². The number of hydrogen-bond donors (Lipinski definition) is 0. The van der Waals surface area contributed by atoms with Gasteiger partial charge in [0.05, 0.1) is 0 Å². The first-order valence-corrected chi connectivity index (χ1v) is 21.3. The zero-order valence-electron chi connectivity index (χ0n) is 36.4. The van der Waals surface area contributed by atoms with Crippen molar-refractivity contribution in [3.05, 3.63) is 196 Å². The van der Waals surface area contributed by atoms with E-state index in [2.05, 4.69) is 249 Å². The van der Waals surface area contributed by atoms with Crippen LogP contribution in [0.3, 0.4) is 0 Å². The molecule has 0 saturated carbocycles. The van der Waals surface area contributed by atoms with Crippen molar-refractivity contribution in [1.29, 1.82) is 0 Å². The molecule has 0 atom stereocenters. The van der Waals surface area contributed by atoms with Crippen LogP contribution in [-0.4, -0.2) is 0 Å². The first-order chi connectivity index (χ1) is 27.8. The van der Waals surface area contributed by atoms with Gasteiger partial charge in [0.25, 0.3) is 0 Å². The van der Waals surface area contributed by atoms with Gasteiger partial charge in [-0.1, -0.05) is 208 Å². The van der Waals surface area contributed by atoms with Gasteiger partial charge in [-0.05, 0) is 122 Å². The third-order valence-corrected chi connectivity index (χ3v) is 12.6. The van der Waals surface area contributed by atoms with Crippen molar-refractivity contribution in [2.75, 3.05) is 4.90 Å². The van der Waals surface area contributed by atoms with Gasteiger partial charge >= 0.3 is 0 Å². The number of hydrogen-bond acceptors (Lipinski definition) is 1. The predicted octanol–water partition coefficient (Wildman–Crippen LogP) is 16.7. The van der Waals surface area contributed by atoms with Crippen LogP contribution in [0.1, 0.15) is 132 Å². The highest BCUT2D eigenvalue weighted by Gasteiger charge is 2.19. The van der Waals surface area contributed by atoms with Gasteiger partial charge in [-0.25, -0.2) is 0 Å². The smallest absolute Gasteiger partial charge is 0.0462 e. The highest BCUT2D eigenvalue weighted by molar-refractivity contribution is 5.80. The number of benzene rings is 6. The third kappa shape index (κ3) is 10.4. The zero-order chi connectivity index (χ0) is 41.3. The van der Waals surface area contributed by atoms with E-state index >= 15 is 0 Å². The average Bonchev–Trinajstić information content (AvgIpc) is 3.26. The van der Waals surface area contributed by atoms with Crippen LogP contribution in [0.25, 0.3) is 36.5 Å². The normalized spacial score (nSPS) is 12.6. The summed E-state index contributed by atoms with van der Waals surface area (Å²) in [5.74, 6) is 0. The summed E-state index contributed by atoms with van der Waals surface area (Å²) in [7, 11) is 0. The van der Waals surface area contributed by atoms with Crippen LogP contribution < -0.4 is 4.90 Å². The molecule has 0 saturated heterocycles. The third-order valence-electron chi connectivity index (χ3n) is 12.6. The Morgan fingerprint density at radius 3 is 0.638 bits per heavy atom. The summed E-state index contributed by atoms with van der Waals surface area (Å²) in [6.45, 7) is 20.6. The van der Waals surface area contributed by atoms with Gasteiger partial charge in [0.1, 0.15) is 0 Å². The second-order valence-corrected chi connectivity index (χ2v) is 17.7. The molecule has 0 aliphatic carbocycles. The molecule has 0 aromatic heterocycles. The minimum Gasteiger partial charge on any atom is -0.311 e. The SMILES string of the molecule is CCC(C)(C)c1ccc(/C=C/c2ccc(N(c3ccc(/C=C/c4ccc(C(C)(C)CC)cc4)cc3)c3ccc(/C=C/c4ccc(C(C)(C)CC)cc4)cc3)cc2)cc1. The molecule has 0 spiro atoms. The van der Waals surface area contributed by atoms with E-state index in [1.54, 1.807) is 0 Å². The Bertz CT molecular complexity index is 2020. The van der Waals surface area contributed by atoms with Gasteiger partial charge in [0.2, 0.25) is 0 Å². The predicted molar refractivity (Wildman–Crippen MR) is 257 cm³/mol. The molecule has 0 aliphatic rings. The molecule has 0 bridgehead atoms. The molecule has 58 heavy (non-hydrogen) atoms. The Morgan fingerprint density at radius 2 is 0.466 bits per heavy atom. The molecule has 0 unspecified atom stereocenters. The zero-order valence-corrected chi connectivity index (χ0v) is 36.4. The summed E-state index contributed by atoms with van der Waals surface area (Å²) in [6, 6.07) is 53.6. The second kappa shape index (κ2) is 18.3. The number of anilines is 3. The molecule has 0 radical (unpaired) electrons. The molecule has 0 aliphatic heterocycles. The molecular weight excluding hydrogens is 699 g/mol. The van der Waals surface area contributed by atoms with Crippen LogP contribution >= 0.6 is 0 Å². The lowest BCUT2D eigenvalue weighted by Gasteiger charge is -2.26.